The molecule has 1 rings (SSSR count). The third-order valence-electron chi connectivity index (χ3n) is 12.7. The summed E-state index contributed by atoms with van der Waals surface area (Å²) < 4.78 is 23.0. The van der Waals surface area contributed by atoms with Crippen molar-refractivity contribution < 1.29 is 44.2 Å². The molecule has 1 saturated heterocycles. The van der Waals surface area contributed by atoms with E-state index >= 15 is 0 Å². The number of esters is 1. The third kappa shape index (κ3) is 39.3. The third-order valence-corrected chi connectivity index (χ3v) is 12.7. The Morgan fingerprint density at radius 2 is 0.910 bits per heavy atom. The lowest BCUT2D eigenvalue weighted by molar-refractivity contribution is -0.305. The monoisotopic (exact) mass is 945 g/mol. The molecule has 0 saturated carbocycles. The van der Waals surface area contributed by atoms with E-state index < -0.39 is 43.4 Å². The number of ether oxygens (including phenoxy) is 4. The van der Waals surface area contributed by atoms with Crippen molar-refractivity contribution in [2.45, 2.75) is 275 Å². The Kier molecular flexibility index (Phi) is 45.9. The zero-order valence-corrected chi connectivity index (χ0v) is 43.1. The maximum absolute atomic E-state index is 12.9. The van der Waals surface area contributed by atoms with E-state index in [2.05, 4.69) is 74.6 Å². The predicted octanol–water partition coefficient (Wildman–Crippen LogP) is 14.2. The molecule has 67 heavy (non-hydrogen) atoms. The Balaban J connectivity index is 2.18. The van der Waals surface area contributed by atoms with Gasteiger partial charge in [-0.25, -0.2) is 0 Å². The van der Waals surface area contributed by atoms with Crippen LogP contribution in [0.3, 0.4) is 0 Å². The predicted molar refractivity (Wildman–Crippen MR) is 279 cm³/mol. The first-order chi connectivity index (χ1) is 32.9. The van der Waals surface area contributed by atoms with Crippen LogP contribution in [0.15, 0.2) is 60.8 Å². The summed E-state index contributed by atoms with van der Waals surface area (Å²) in [6.07, 6.45) is 56.9. The second kappa shape index (κ2) is 48.9. The summed E-state index contributed by atoms with van der Waals surface area (Å²) in [5, 5.41) is 40.3. The molecule has 1 aliphatic heterocycles. The topological polar surface area (TPSA) is 135 Å². The highest BCUT2D eigenvalue weighted by atomic mass is 16.7. The Morgan fingerprint density at radius 3 is 1.37 bits per heavy atom. The van der Waals surface area contributed by atoms with Crippen LogP contribution in [0.4, 0.5) is 0 Å². The molecule has 0 spiro atoms. The number of carbonyl (C=O) groups excluding carboxylic acids is 1. The molecule has 1 heterocycles. The van der Waals surface area contributed by atoms with Gasteiger partial charge < -0.3 is 39.4 Å². The molecule has 0 amide bonds. The van der Waals surface area contributed by atoms with Crippen LogP contribution in [0, 0.1) is 0 Å². The zero-order valence-electron chi connectivity index (χ0n) is 43.1. The molecule has 6 atom stereocenters. The van der Waals surface area contributed by atoms with Gasteiger partial charge in [0.2, 0.25) is 0 Å². The maximum atomic E-state index is 12.9. The zero-order chi connectivity index (χ0) is 48.5. The second-order valence-electron chi connectivity index (χ2n) is 19.0. The van der Waals surface area contributed by atoms with Crippen LogP contribution in [-0.4, -0.2) is 89.6 Å². The van der Waals surface area contributed by atoms with Crippen LogP contribution in [0.2, 0.25) is 0 Å². The van der Waals surface area contributed by atoms with Crippen molar-refractivity contribution in [3.05, 3.63) is 60.8 Å². The van der Waals surface area contributed by atoms with Gasteiger partial charge in [-0.2, -0.15) is 0 Å². The first kappa shape index (κ1) is 62.9. The number of aliphatic hydroxyl groups excluding tert-OH is 4. The number of hydrogen-bond donors (Lipinski definition) is 4. The number of unbranched alkanes of at least 4 members (excludes halogenated alkanes) is 27. The summed E-state index contributed by atoms with van der Waals surface area (Å²) in [7, 11) is 0. The number of aliphatic hydroxyl groups is 4. The normalized spacial score (nSPS) is 19.6. The molecule has 6 unspecified atom stereocenters. The highest BCUT2D eigenvalue weighted by Gasteiger charge is 2.44. The first-order valence-electron chi connectivity index (χ1n) is 27.9. The molecule has 9 heteroatoms. The quantitative estimate of drug-likeness (QED) is 0.0267. The van der Waals surface area contributed by atoms with E-state index in [1.807, 2.05) is 0 Å². The first-order valence-corrected chi connectivity index (χ1v) is 27.9. The molecule has 9 nitrogen and oxygen atoms in total. The van der Waals surface area contributed by atoms with Crippen LogP contribution in [0.5, 0.6) is 0 Å². The Hall–Kier alpha value is -2.11. The van der Waals surface area contributed by atoms with Crippen molar-refractivity contribution in [3.63, 3.8) is 0 Å². The minimum atomic E-state index is -1.54. The molecule has 0 bridgehead atoms. The molecule has 0 aromatic carbocycles. The van der Waals surface area contributed by atoms with E-state index in [0.717, 1.165) is 77.0 Å². The van der Waals surface area contributed by atoms with Gasteiger partial charge in [0.05, 0.1) is 19.8 Å². The SMILES string of the molecule is CC/C=C\C/C=C\C/C=C\C/C=C\C/C=C\CCCCCCCCCC(=O)OC(COCCCCCCCCCCCCCCCCCCCCCCC)COC1OC(CO)C(O)C(O)C1O. The molecule has 0 aliphatic carbocycles. The summed E-state index contributed by atoms with van der Waals surface area (Å²) in [5.41, 5.74) is 0. The largest absolute Gasteiger partial charge is 0.457 e. The molecule has 1 aliphatic rings. The van der Waals surface area contributed by atoms with E-state index in [-0.39, 0.29) is 19.2 Å². The summed E-state index contributed by atoms with van der Waals surface area (Å²) in [6.45, 7) is 4.47. The van der Waals surface area contributed by atoms with Gasteiger partial charge >= 0.3 is 5.97 Å². The highest BCUT2D eigenvalue weighted by Crippen LogP contribution is 2.23. The van der Waals surface area contributed by atoms with Crippen molar-refractivity contribution in [1.82, 2.24) is 0 Å². The van der Waals surface area contributed by atoms with E-state index in [1.165, 1.54) is 141 Å². The van der Waals surface area contributed by atoms with Crippen molar-refractivity contribution >= 4 is 5.97 Å². The number of allylic oxidation sites excluding steroid dienone is 10. The van der Waals surface area contributed by atoms with Crippen LogP contribution < -0.4 is 0 Å². The van der Waals surface area contributed by atoms with Crippen LogP contribution >= 0.6 is 0 Å². The molecule has 4 N–H and O–H groups in total. The van der Waals surface area contributed by atoms with Gasteiger partial charge in [0.1, 0.15) is 30.5 Å². The van der Waals surface area contributed by atoms with Gasteiger partial charge in [0.25, 0.3) is 0 Å². The number of hydrogen-bond acceptors (Lipinski definition) is 9. The van der Waals surface area contributed by atoms with Gasteiger partial charge in [0, 0.05) is 13.0 Å². The lowest BCUT2D eigenvalue weighted by Gasteiger charge is -2.39. The van der Waals surface area contributed by atoms with Crippen molar-refractivity contribution in [1.29, 1.82) is 0 Å². The van der Waals surface area contributed by atoms with E-state index in [9.17, 15) is 25.2 Å². The van der Waals surface area contributed by atoms with E-state index in [4.69, 9.17) is 18.9 Å². The molecule has 390 valence electrons. The molecule has 0 aromatic rings. The van der Waals surface area contributed by atoms with Crippen molar-refractivity contribution in [2.75, 3.05) is 26.4 Å². The van der Waals surface area contributed by atoms with Gasteiger partial charge in [-0.05, 0) is 57.8 Å². The summed E-state index contributed by atoms with van der Waals surface area (Å²) in [4.78, 5) is 12.9. The number of rotatable bonds is 48. The molecule has 0 radical (unpaired) electrons. The Bertz CT molecular complexity index is 1210. The average Bonchev–Trinajstić information content (AvgIpc) is 3.33. The Labute approximate surface area is 411 Å². The molecule has 1 fully saturated rings. The lowest BCUT2D eigenvalue weighted by atomic mass is 9.99. The van der Waals surface area contributed by atoms with Crippen molar-refractivity contribution in [2.24, 2.45) is 0 Å². The minimum Gasteiger partial charge on any atom is -0.457 e. The molecular formula is C58H104O9. The fourth-order valence-corrected chi connectivity index (χ4v) is 8.40. The second-order valence-corrected chi connectivity index (χ2v) is 19.0. The molecule has 0 aromatic heterocycles. The summed E-state index contributed by atoms with van der Waals surface area (Å²) in [5.74, 6) is -0.322. The fourth-order valence-electron chi connectivity index (χ4n) is 8.40. The molecular weight excluding hydrogens is 841 g/mol. The average molecular weight is 945 g/mol. The van der Waals surface area contributed by atoms with Crippen molar-refractivity contribution in [3.8, 4) is 0 Å². The van der Waals surface area contributed by atoms with E-state index in [1.54, 1.807) is 0 Å². The standard InChI is InChI=1S/C58H104O9/c1-3-5-7-9-11-13-15-17-19-21-23-25-26-27-29-31-33-35-37-39-41-43-45-47-54(60)66-52(51-65-58-57(63)56(62)55(61)53(49-59)67-58)50-64-48-46-44-42-40-38-36-34-32-30-28-24-22-20-18-16-14-12-10-8-6-4-2/h5,7,11,13,17,19,23,25,27,29,52-53,55-59,61-63H,3-4,6,8-10,12,14-16,18,20-22,24,26,28,30-51H2,1-2H3/b7-5-,13-11-,19-17-,25-23-,29-27-. The van der Waals surface area contributed by atoms with E-state index in [0.29, 0.717) is 13.0 Å². The Morgan fingerprint density at radius 1 is 0.493 bits per heavy atom. The van der Waals surface area contributed by atoms with Gasteiger partial charge in [-0.1, -0.05) is 235 Å². The van der Waals surface area contributed by atoms with Gasteiger partial charge in [-0.15, -0.1) is 0 Å². The summed E-state index contributed by atoms with van der Waals surface area (Å²) in [6, 6.07) is 0. The van der Waals surface area contributed by atoms with Gasteiger partial charge in [0.15, 0.2) is 6.29 Å². The highest BCUT2D eigenvalue weighted by molar-refractivity contribution is 5.69. The van der Waals surface area contributed by atoms with Crippen LogP contribution in [0.1, 0.15) is 239 Å². The summed E-state index contributed by atoms with van der Waals surface area (Å²) >= 11 is 0. The van der Waals surface area contributed by atoms with Gasteiger partial charge in [-0.3, -0.25) is 4.79 Å². The number of carbonyl (C=O) groups is 1. The lowest BCUT2D eigenvalue weighted by Crippen LogP contribution is -2.59. The van der Waals surface area contributed by atoms with Crippen LogP contribution in [-0.2, 0) is 23.7 Å². The maximum Gasteiger partial charge on any atom is 0.306 e. The van der Waals surface area contributed by atoms with Crippen LogP contribution in [0.25, 0.3) is 0 Å². The smallest absolute Gasteiger partial charge is 0.306 e. The minimum absolute atomic E-state index is 0.118. The fraction of sp³-hybridized carbons (Fsp3) is 0.810.